The number of hydrogen-bond acceptors (Lipinski definition) is 4. The van der Waals surface area contributed by atoms with E-state index in [1.807, 2.05) is 13.8 Å². The summed E-state index contributed by atoms with van der Waals surface area (Å²) in [5, 5.41) is 1.82. The minimum absolute atomic E-state index is 0.910. The van der Waals surface area contributed by atoms with Gasteiger partial charge in [-0.3, -0.25) is 20.0 Å². The van der Waals surface area contributed by atoms with Crippen molar-refractivity contribution in [1.82, 2.24) is 9.97 Å². The summed E-state index contributed by atoms with van der Waals surface area (Å²) in [5.41, 5.74) is 3.90. The molecule has 0 spiro atoms. The Morgan fingerprint density at radius 1 is 0.812 bits per heavy atom. The second kappa shape index (κ2) is 3.96. The van der Waals surface area contributed by atoms with Gasteiger partial charge in [0.1, 0.15) is 0 Å². The van der Waals surface area contributed by atoms with Crippen LogP contribution in [0.2, 0.25) is 0 Å². The van der Waals surface area contributed by atoms with Crippen LogP contribution in [-0.2, 0) is 0 Å². The van der Waals surface area contributed by atoms with Gasteiger partial charge in [0.2, 0.25) is 0 Å². The Balaban J connectivity index is 3.01. The van der Waals surface area contributed by atoms with Crippen molar-refractivity contribution in [2.75, 3.05) is 14.1 Å². The molecule has 2 rings (SSSR count). The third-order valence-electron chi connectivity index (χ3n) is 2.79. The highest BCUT2D eigenvalue weighted by Gasteiger charge is 2.19. The Hall–Kier alpha value is -1.84. The van der Waals surface area contributed by atoms with E-state index in [1.165, 1.54) is 0 Å². The second-order valence-electron chi connectivity index (χ2n) is 3.65. The molecule has 0 bridgehead atoms. The van der Waals surface area contributed by atoms with Gasteiger partial charge in [0.15, 0.2) is 0 Å². The van der Waals surface area contributed by atoms with E-state index in [0.717, 1.165) is 33.3 Å². The van der Waals surface area contributed by atoms with Gasteiger partial charge in [-0.05, 0) is 13.8 Å². The molecule has 0 fully saturated rings. The fourth-order valence-electron chi connectivity index (χ4n) is 2.01. The minimum atomic E-state index is 0.910. The highest BCUT2D eigenvalue weighted by Crippen LogP contribution is 2.08. The first-order valence-electron chi connectivity index (χ1n) is 5.14. The number of aliphatic imine (C=N–C) groups is 2. The summed E-state index contributed by atoms with van der Waals surface area (Å²) in [5.74, 6) is 0. The summed E-state index contributed by atoms with van der Waals surface area (Å²) in [6.45, 7) is 4.01. The van der Waals surface area contributed by atoms with E-state index in [2.05, 4.69) is 20.0 Å². The lowest BCUT2D eigenvalue weighted by atomic mass is 9.96. The molecule has 0 N–H and O–H groups in total. The Kier molecular flexibility index (Phi) is 2.64. The molecule has 1 aromatic rings. The maximum atomic E-state index is 4.36. The summed E-state index contributed by atoms with van der Waals surface area (Å²) in [7, 11) is 3.55. The molecule has 0 atom stereocenters. The Morgan fingerprint density at radius 2 is 1.19 bits per heavy atom. The zero-order valence-corrected chi connectivity index (χ0v) is 9.94. The molecule has 0 radical (unpaired) electrons. The minimum Gasteiger partial charge on any atom is -0.286 e. The molecule has 1 aliphatic rings. The maximum absolute atomic E-state index is 4.36. The summed E-state index contributed by atoms with van der Waals surface area (Å²) >= 11 is 0. The van der Waals surface area contributed by atoms with Crippen molar-refractivity contribution in [2.24, 2.45) is 9.98 Å². The third-order valence-corrected chi connectivity index (χ3v) is 2.79. The molecule has 0 amide bonds. The average Bonchev–Trinajstić information content (AvgIpc) is 2.33. The van der Waals surface area contributed by atoms with E-state index in [4.69, 9.17) is 0 Å². The van der Waals surface area contributed by atoms with Crippen molar-refractivity contribution in [3.8, 4) is 0 Å². The van der Waals surface area contributed by atoms with Crippen LogP contribution in [0.15, 0.2) is 22.4 Å². The van der Waals surface area contributed by atoms with Crippen LogP contribution in [-0.4, -0.2) is 35.5 Å². The highest BCUT2D eigenvalue weighted by atomic mass is 14.8. The van der Waals surface area contributed by atoms with Crippen LogP contribution in [0, 0.1) is 0 Å². The molecule has 1 heterocycles. The SMILES string of the molecule is C/N=C1/C(C)=c2nccnc2=C(C)/C1=N/C. The molecule has 0 aromatic carbocycles. The van der Waals surface area contributed by atoms with Crippen molar-refractivity contribution in [3.05, 3.63) is 23.1 Å². The van der Waals surface area contributed by atoms with Gasteiger partial charge in [-0.25, -0.2) is 0 Å². The van der Waals surface area contributed by atoms with Crippen LogP contribution in [0.3, 0.4) is 0 Å². The van der Waals surface area contributed by atoms with Crippen molar-refractivity contribution in [3.63, 3.8) is 0 Å². The molecule has 0 saturated carbocycles. The Bertz CT molecular complexity index is 553. The predicted octanol–water partition coefficient (Wildman–Crippen LogP) is -0.0270. The quantitative estimate of drug-likeness (QED) is 0.609. The third kappa shape index (κ3) is 1.38. The standard InChI is InChI=1S/C12H14N4/c1-7-9(13-3)10(14-4)8(2)12-11(7)15-5-6-16-12/h5-6H,1-4H3/b13-9-,14-10-. The van der Waals surface area contributed by atoms with Crippen LogP contribution in [0.1, 0.15) is 13.8 Å². The van der Waals surface area contributed by atoms with Crippen LogP contribution >= 0.6 is 0 Å². The van der Waals surface area contributed by atoms with Gasteiger partial charge in [-0.15, -0.1) is 0 Å². The number of rotatable bonds is 0. The largest absolute Gasteiger partial charge is 0.286 e. The fourth-order valence-corrected chi connectivity index (χ4v) is 2.01. The number of hydrogen-bond donors (Lipinski definition) is 0. The predicted molar refractivity (Wildman–Crippen MR) is 66.2 cm³/mol. The zero-order valence-electron chi connectivity index (χ0n) is 9.94. The second-order valence-corrected chi connectivity index (χ2v) is 3.65. The van der Waals surface area contributed by atoms with E-state index < -0.39 is 0 Å². The van der Waals surface area contributed by atoms with Gasteiger partial charge in [0.05, 0.1) is 22.1 Å². The number of nitrogens with zero attached hydrogens (tertiary/aromatic N) is 4. The molecule has 0 unspecified atom stereocenters. The van der Waals surface area contributed by atoms with Gasteiger partial charge in [0.25, 0.3) is 0 Å². The average molecular weight is 214 g/mol. The Labute approximate surface area is 94.2 Å². The van der Waals surface area contributed by atoms with E-state index in [1.54, 1.807) is 26.5 Å². The van der Waals surface area contributed by atoms with Crippen LogP contribution in [0.25, 0.3) is 11.1 Å². The fraction of sp³-hybridized carbons (Fsp3) is 0.333. The summed E-state index contributed by atoms with van der Waals surface area (Å²) in [6, 6.07) is 0. The molecule has 1 aliphatic carbocycles. The molecule has 4 heteroatoms. The maximum Gasteiger partial charge on any atom is 0.0941 e. The number of aromatic nitrogens is 2. The first-order valence-corrected chi connectivity index (χ1v) is 5.14. The van der Waals surface area contributed by atoms with Crippen molar-refractivity contribution in [2.45, 2.75) is 13.8 Å². The molecule has 1 aromatic heterocycles. The highest BCUT2D eigenvalue weighted by molar-refractivity contribution is 6.66. The van der Waals surface area contributed by atoms with Crippen LogP contribution < -0.4 is 10.7 Å². The first-order chi connectivity index (χ1) is 7.70. The lowest BCUT2D eigenvalue weighted by Gasteiger charge is -2.14. The van der Waals surface area contributed by atoms with Crippen molar-refractivity contribution >= 4 is 22.6 Å². The van der Waals surface area contributed by atoms with E-state index in [9.17, 15) is 0 Å². The van der Waals surface area contributed by atoms with E-state index >= 15 is 0 Å². The molecule has 16 heavy (non-hydrogen) atoms. The van der Waals surface area contributed by atoms with Gasteiger partial charge in [-0.2, -0.15) is 0 Å². The topological polar surface area (TPSA) is 50.5 Å². The van der Waals surface area contributed by atoms with Crippen molar-refractivity contribution in [1.29, 1.82) is 0 Å². The van der Waals surface area contributed by atoms with E-state index in [0.29, 0.717) is 0 Å². The van der Waals surface area contributed by atoms with Crippen molar-refractivity contribution < 1.29 is 0 Å². The van der Waals surface area contributed by atoms with Gasteiger partial charge in [0, 0.05) is 37.6 Å². The molecular formula is C12H14N4. The van der Waals surface area contributed by atoms with Gasteiger partial charge in [-0.1, -0.05) is 0 Å². The van der Waals surface area contributed by atoms with Crippen LogP contribution in [0.4, 0.5) is 0 Å². The van der Waals surface area contributed by atoms with Gasteiger partial charge >= 0.3 is 0 Å². The normalized spacial score (nSPS) is 20.5. The monoisotopic (exact) mass is 214 g/mol. The molecule has 82 valence electrons. The van der Waals surface area contributed by atoms with E-state index in [-0.39, 0.29) is 0 Å². The summed E-state index contributed by atoms with van der Waals surface area (Å²) < 4.78 is 0. The lowest BCUT2D eigenvalue weighted by molar-refractivity contribution is 1.08. The summed E-state index contributed by atoms with van der Waals surface area (Å²) in [4.78, 5) is 17.3. The summed E-state index contributed by atoms with van der Waals surface area (Å²) in [6.07, 6.45) is 3.41. The smallest absolute Gasteiger partial charge is 0.0941 e. The van der Waals surface area contributed by atoms with Crippen LogP contribution in [0.5, 0.6) is 0 Å². The molecular weight excluding hydrogens is 200 g/mol. The lowest BCUT2D eigenvalue weighted by Crippen LogP contribution is -2.43. The molecule has 0 saturated heterocycles. The molecule has 0 aliphatic heterocycles. The first kappa shape index (κ1) is 10.7. The van der Waals surface area contributed by atoms with Gasteiger partial charge < -0.3 is 0 Å². The molecule has 4 nitrogen and oxygen atoms in total. The zero-order chi connectivity index (χ0) is 11.7. The Morgan fingerprint density at radius 3 is 1.50 bits per heavy atom. The number of fused-ring (bicyclic) bond motifs is 1.